The van der Waals surface area contributed by atoms with E-state index in [1.807, 2.05) is 24.3 Å². The molecular formula is C15H20O3. The molecule has 1 saturated carbocycles. The lowest BCUT2D eigenvalue weighted by Gasteiger charge is -2.25. The van der Waals surface area contributed by atoms with Crippen molar-refractivity contribution in [2.24, 2.45) is 0 Å². The summed E-state index contributed by atoms with van der Waals surface area (Å²) in [7, 11) is 0. The first-order valence-electron chi connectivity index (χ1n) is 6.56. The van der Waals surface area contributed by atoms with Gasteiger partial charge in [-0.2, -0.15) is 0 Å². The quantitative estimate of drug-likeness (QED) is 0.885. The predicted octanol–water partition coefficient (Wildman–Crippen LogP) is 3.59. The number of hydrogen-bond acceptors (Lipinski definition) is 2. The van der Waals surface area contributed by atoms with E-state index in [0.717, 1.165) is 12.8 Å². The smallest absolute Gasteiger partial charge is 0.348 e. The van der Waals surface area contributed by atoms with Gasteiger partial charge in [-0.1, -0.05) is 26.0 Å². The first-order chi connectivity index (χ1) is 8.53. The number of aliphatic carboxylic acids is 1. The lowest BCUT2D eigenvalue weighted by molar-refractivity contribution is -0.154. The average Bonchev–Trinajstić information content (AvgIpc) is 2.79. The summed E-state index contributed by atoms with van der Waals surface area (Å²) >= 11 is 0. The van der Waals surface area contributed by atoms with Crippen molar-refractivity contribution in [3.8, 4) is 5.75 Å². The third kappa shape index (κ3) is 2.50. The maximum absolute atomic E-state index is 11.4. The number of carboxylic acids is 1. The van der Waals surface area contributed by atoms with Crippen LogP contribution in [0.5, 0.6) is 5.75 Å². The number of ether oxygens (including phenoxy) is 1. The third-order valence-corrected chi connectivity index (χ3v) is 3.66. The highest BCUT2D eigenvalue weighted by Crippen LogP contribution is 2.35. The van der Waals surface area contributed by atoms with Gasteiger partial charge in [0, 0.05) is 0 Å². The van der Waals surface area contributed by atoms with E-state index in [2.05, 4.69) is 13.8 Å². The van der Waals surface area contributed by atoms with Crippen molar-refractivity contribution in [2.45, 2.75) is 51.0 Å². The zero-order valence-corrected chi connectivity index (χ0v) is 11.0. The van der Waals surface area contributed by atoms with Crippen LogP contribution in [0.15, 0.2) is 24.3 Å². The lowest BCUT2D eigenvalue weighted by Crippen LogP contribution is -2.41. The van der Waals surface area contributed by atoms with Gasteiger partial charge in [0.2, 0.25) is 5.60 Å². The topological polar surface area (TPSA) is 46.5 Å². The number of benzene rings is 1. The van der Waals surface area contributed by atoms with E-state index in [9.17, 15) is 9.90 Å². The summed E-state index contributed by atoms with van der Waals surface area (Å²) in [5, 5.41) is 9.34. The van der Waals surface area contributed by atoms with Gasteiger partial charge in [-0.25, -0.2) is 4.79 Å². The highest BCUT2D eigenvalue weighted by Gasteiger charge is 2.43. The Labute approximate surface area is 108 Å². The van der Waals surface area contributed by atoms with E-state index >= 15 is 0 Å². The molecule has 1 aliphatic carbocycles. The standard InChI is InChI=1S/C15H20O3/c1-11(2)12-5-7-13(8-6-12)18-15(14(16)17)9-3-4-10-15/h5-8,11H,3-4,9-10H2,1-2H3,(H,16,17). The van der Waals surface area contributed by atoms with Crippen molar-refractivity contribution in [3.63, 3.8) is 0 Å². The van der Waals surface area contributed by atoms with Crippen LogP contribution in [0.2, 0.25) is 0 Å². The second kappa shape index (κ2) is 5.01. The van der Waals surface area contributed by atoms with Gasteiger partial charge >= 0.3 is 5.97 Å². The summed E-state index contributed by atoms with van der Waals surface area (Å²) in [6.45, 7) is 4.26. The number of rotatable bonds is 4. The van der Waals surface area contributed by atoms with E-state index in [0.29, 0.717) is 24.5 Å². The van der Waals surface area contributed by atoms with Gasteiger partial charge in [0.05, 0.1) is 0 Å². The first kappa shape index (κ1) is 12.9. The fourth-order valence-corrected chi connectivity index (χ4v) is 2.45. The summed E-state index contributed by atoms with van der Waals surface area (Å²) in [4.78, 5) is 11.4. The van der Waals surface area contributed by atoms with Gasteiger partial charge in [-0.05, 0) is 49.3 Å². The van der Waals surface area contributed by atoms with Crippen LogP contribution >= 0.6 is 0 Å². The molecule has 0 saturated heterocycles. The summed E-state index contributed by atoms with van der Waals surface area (Å²) in [5.41, 5.74) is 0.234. The molecule has 2 rings (SSSR count). The van der Waals surface area contributed by atoms with Gasteiger partial charge in [0.25, 0.3) is 0 Å². The second-order valence-electron chi connectivity index (χ2n) is 5.33. The molecule has 0 bridgehead atoms. The summed E-state index contributed by atoms with van der Waals surface area (Å²) in [6, 6.07) is 7.76. The lowest BCUT2D eigenvalue weighted by atomic mass is 10.0. The molecule has 0 unspecified atom stereocenters. The number of carboxylic acid groups (broad SMARTS) is 1. The summed E-state index contributed by atoms with van der Waals surface area (Å²) in [6.07, 6.45) is 3.06. The fraction of sp³-hybridized carbons (Fsp3) is 0.533. The van der Waals surface area contributed by atoms with E-state index < -0.39 is 11.6 Å². The monoisotopic (exact) mass is 248 g/mol. The molecule has 0 amide bonds. The second-order valence-corrected chi connectivity index (χ2v) is 5.33. The highest BCUT2D eigenvalue weighted by atomic mass is 16.5. The Balaban J connectivity index is 2.15. The molecule has 3 nitrogen and oxygen atoms in total. The molecule has 1 aromatic carbocycles. The third-order valence-electron chi connectivity index (χ3n) is 3.66. The maximum Gasteiger partial charge on any atom is 0.348 e. The molecule has 0 aliphatic heterocycles. The highest BCUT2D eigenvalue weighted by molar-refractivity contribution is 5.78. The number of carbonyl (C=O) groups is 1. The van der Waals surface area contributed by atoms with Gasteiger partial charge in [-0.15, -0.1) is 0 Å². The average molecular weight is 248 g/mol. The molecule has 0 spiro atoms. The van der Waals surface area contributed by atoms with Crippen molar-refractivity contribution in [3.05, 3.63) is 29.8 Å². The van der Waals surface area contributed by atoms with Gasteiger partial charge in [0.1, 0.15) is 5.75 Å². The van der Waals surface area contributed by atoms with Crippen LogP contribution in [-0.2, 0) is 4.79 Å². The van der Waals surface area contributed by atoms with Crippen LogP contribution < -0.4 is 4.74 Å². The minimum absolute atomic E-state index is 0.471. The van der Waals surface area contributed by atoms with E-state index in [-0.39, 0.29) is 0 Å². The van der Waals surface area contributed by atoms with Crippen LogP contribution in [-0.4, -0.2) is 16.7 Å². The first-order valence-corrected chi connectivity index (χ1v) is 6.56. The van der Waals surface area contributed by atoms with E-state index in [1.54, 1.807) is 0 Å². The van der Waals surface area contributed by atoms with Crippen LogP contribution in [0.4, 0.5) is 0 Å². The molecule has 3 heteroatoms. The van der Waals surface area contributed by atoms with Crippen molar-refractivity contribution in [1.82, 2.24) is 0 Å². The van der Waals surface area contributed by atoms with Crippen LogP contribution in [0.1, 0.15) is 51.0 Å². The van der Waals surface area contributed by atoms with E-state index in [1.165, 1.54) is 5.56 Å². The van der Waals surface area contributed by atoms with Gasteiger partial charge < -0.3 is 9.84 Å². The van der Waals surface area contributed by atoms with Crippen LogP contribution in [0.25, 0.3) is 0 Å². The van der Waals surface area contributed by atoms with E-state index in [4.69, 9.17) is 4.74 Å². The Morgan fingerprint density at radius 2 is 1.78 bits per heavy atom. The van der Waals surface area contributed by atoms with Crippen molar-refractivity contribution >= 4 is 5.97 Å². The van der Waals surface area contributed by atoms with Crippen molar-refractivity contribution in [1.29, 1.82) is 0 Å². The summed E-state index contributed by atoms with van der Waals surface area (Å²) < 4.78 is 5.76. The van der Waals surface area contributed by atoms with Gasteiger partial charge in [0.15, 0.2) is 0 Å². The molecule has 0 atom stereocenters. The van der Waals surface area contributed by atoms with Crippen molar-refractivity contribution in [2.75, 3.05) is 0 Å². The molecule has 98 valence electrons. The molecule has 1 aliphatic rings. The van der Waals surface area contributed by atoms with Crippen LogP contribution in [0.3, 0.4) is 0 Å². The minimum Gasteiger partial charge on any atom is -0.478 e. The molecule has 1 N–H and O–H groups in total. The molecule has 0 aromatic heterocycles. The molecule has 0 radical (unpaired) electrons. The Hall–Kier alpha value is -1.51. The molecule has 0 heterocycles. The predicted molar refractivity (Wildman–Crippen MR) is 70.0 cm³/mol. The zero-order valence-electron chi connectivity index (χ0n) is 11.0. The maximum atomic E-state index is 11.4. The van der Waals surface area contributed by atoms with Crippen LogP contribution in [0, 0.1) is 0 Å². The Kier molecular flexibility index (Phi) is 3.60. The zero-order chi connectivity index (χ0) is 13.2. The SMILES string of the molecule is CC(C)c1ccc(OC2(C(=O)O)CCCC2)cc1. The number of hydrogen-bond donors (Lipinski definition) is 1. The normalized spacial score (nSPS) is 17.9. The summed E-state index contributed by atoms with van der Waals surface area (Å²) in [5.74, 6) is 0.288. The fourth-order valence-electron chi connectivity index (χ4n) is 2.45. The Morgan fingerprint density at radius 3 is 2.22 bits per heavy atom. The Morgan fingerprint density at radius 1 is 1.22 bits per heavy atom. The van der Waals surface area contributed by atoms with Gasteiger partial charge in [-0.3, -0.25) is 0 Å². The molecule has 1 fully saturated rings. The Bertz CT molecular complexity index is 414. The van der Waals surface area contributed by atoms with Crippen molar-refractivity contribution < 1.29 is 14.6 Å². The molecular weight excluding hydrogens is 228 g/mol. The minimum atomic E-state index is -1.00. The molecule has 18 heavy (non-hydrogen) atoms. The largest absolute Gasteiger partial charge is 0.478 e. The molecule has 1 aromatic rings.